The molecule has 0 spiro atoms. The molecular weight excluding hydrogens is 238 g/mol. The first-order valence-electron chi connectivity index (χ1n) is 7.43. The Bertz CT molecular complexity index is 397. The molecule has 5 heteroatoms. The van der Waals surface area contributed by atoms with Crippen molar-refractivity contribution in [3.63, 3.8) is 0 Å². The SMILES string of the molecule is c1nc(NCC2CCNC2)cc(NC2CCCC2)n1. The second-order valence-electron chi connectivity index (χ2n) is 5.65. The maximum atomic E-state index is 4.31. The van der Waals surface area contributed by atoms with Crippen molar-refractivity contribution in [2.75, 3.05) is 30.3 Å². The normalized spacial score (nSPS) is 23.7. The molecule has 2 fully saturated rings. The van der Waals surface area contributed by atoms with E-state index in [4.69, 9.17) is 0 Å². The molecule has 5 nitrogen and oxygen atoms in total. The molecule has 104 valence electrons. The molecule has 3 N–H and O–H groups in total. The Kier molecular flexibility index (Phi) is 4.13. The van der Waals surface area contributed by atoms with Crippen molar-refractivity contribution in [3.8, 4) is 0 Å². The highest BCUT2D eigenvalue weighted by Crippen LogP contribution is 2.22. The second-order valence-corrected chi connectivity index (χ2v) is 5.65. The van der Waals surface area contributed by atoms with E-state index in [0.717, 1.165) is 37.2 Å². The third-order valence-corrected chi connectivity index (χ3v) is 4.11. The minimum atomic E-state index is 0.599. The van der Waals surface area contributed by atoms with Gasteiger partial charge in [-0.1, -0.05) is 12.8 Å². The first-order chi connectivity index (χ1) is 9.40. The standard InChI is InChI=1S/C14H23N5/c1-2-4-12(3-1)19-14-7-13(17-10-18-14)16-9-11-5-6-15-8-11/h7,10-12,15H,1-6,8-9H2,(H2,16,17,18,19). The minimum Gasteiger partial charge on any atom is -0.370 e. The summed E-state index contributed by atoms with van der Waals surface area (Å²) >= 11 is 0. The molecule has 1 saturated carbocycles. The van der Waals surface area contributed by atoms with Crippen molar-refractivity contribution < 1.29 is 0 Å². The number of nitrogens with zero attached hydrogens (tertiary/aromatic N) is 2. The summed E-state index contributed by atoms with van der Waals surface area (Å²) in [4.78, 5) is 8.60. The van der Waals surface area contributed by atoms with Gasteiger partial charge in [-0.25, -0.2) is 9.97 Å². The van der Waals surface area contributed by atoms with E-state index in [1.165, 1.54) is 32.1 Å². The van der Waals surface area contributed by atoms with Gasteiger partial charge in [0.25, 0.3) is 0 Å². The molecule has 2 heterocycles. The van der Waals surface area contributed by atoms with Crippen LogP contribution in [0.5, 0.6) is 0 Å². The number of rotatable bonds is 5. The first kappa shape index (κ1) is 12.7. The van der Waals surface area contributed by atoms with E-state index < -0.39 is 0 Å². The summed E-state index contributed by atoms with van der Waals surface area (Å²) in [7, 11) is 0. The van der Waals surface area contributed by atoms with Crippen molar-refractivity contribution in [1.82, 2.24) is 15.3 Å². The quantitative estimate of drug-likeness (QED) is 0.755. The molecule has 0 bridgehead atoms. The highest BCUT2D eigenvalue weighted by molar-refractivity contribution is 5.47. The van der Waals surface area contributed by atoms with E-state index in [1.54, 1.807) is 6.33 Å². The lowest BCUT2D eigenvalue weighted by Gasteiger charge is -2.14. The van der Waals surface area contributed by atoms with Crippen LogP contribution < -0.4 is 16.0 Å². The monoisotopic (exact) mass is 261 g/mol. The van der Waals surface area contributed by atoms with E-state index in [2.05, 4.69) is 25.9 Å². The molecular formula is C14H23N5. The molecule has 19 heavy (non-hydrogen) atoms. The van der Waals surface area contributed by atoms with Gasteiger partial charge in [0.1, 0.15) is 18.0 Å². The van der Waals surface area contributed by atoms with Gasteiger partial charge in [-0.15, -0.1) is 0 Å². The summed E-state index contributed by atoms with van der Waals surface area (Å²) in [6.07, 6.45) is 8.10. The lowest BCUT2D eigenvalue weighted by Crippen LogP contribution is -2.18. The number of nitrogens with one attached hydrogen (secondary N) is 3. The Hall–Kier alpha value is -1.36. The second kappa shape index (κ2) is 6.19. The summed E-state index contributed by atoms with van der Waals surface area (Å²) in [5.74, 6) is 2.61. The lowest BCUT2D eigenvalue weighted by molar-refractivity contribution is 0.614. The smallest absolute Gasteiger partial charge is 0.131 e. The third-order valence-electron chi connectivity index (χ3n) is 4.11. The Morgan fingerprint density at radius 2 is 2.00 bits per heavy atom. The topological polar surface area (TPSA) is 61.9 Å². The Balaban J connectivity index is 1.52. The highest BCUT2D eigenvalue weighted by Gasteiger charge is 2.16. The summed E-state index contributed by atoms with van der Waals surface area (Å²) in [5, 5.41) is 10.3. The van der Waals surface area contributed by atoms with Gasteiger partial charge in [-0.3, -0.25) is 0 Å². The van der Waals surface area contributed by atoms with Crippen LogP contribution >= 0.6 is 0 Å². The van der Waals surface area contributed by atoms with Crippen LogP contribution in [0.15, 0.2) is 12.4 Å². The molecule has 1 saturated heterocycles. The van der Waals surface area contributed by atoms with E-state index in [-0.39, 0.29) is 0 Å². The third kappa shape index (κ3) is 3.56. The summed E-state index contributed by atoms with van der Waals surface area (Å²) in [5.41, 5.74) is 0. The Labute approximate surface area is 114 Å². The van der Waals surface area contributed by atoms with E-state index in [1.807, 2.05) is 6.07 Å². The fourth-order valence-corrected chi connectivity index (χ4v) is 2.95. The van der Waals surface area contributed by atoms with Gasteiger partial charge < -0.3 is 16.0 Å². The molecule has 1 atom stereocenters. The molecule has 3 rings (SSSR count). The maximum Gasteiger partial charge on any atom is 0.131 e. The maximum absolute atomic E-state index is 4.31. The van der Waals surface area contributed by atoms with Gasteiger partial charge in [0.05, 0.1) is 0 Å². The zero-order chi connectivity index (χ0) is 12.9. The largest absolute Gasteiger partial charge is 0.370 e. The molecule has 0 amide bonds. The number of aromatic nitrogens is 2. The molecule has 1 aromatic heterocycles. The van der Waals surface area contributed by atoms with Gasteiger partial charge >= 0.3 is 0 Å². The molecule has 1 aliphatic heterocycles. The average Bonchev–Trinajstić information content (AvgIpc) is 3.10. The fraction of sp³-hybridized carbons (Fsp3) is 0.714. The zero-order valence-electron chi connectivity index (χ0n) is 11.4. The van der Waals surface area contributed by atoms with Crippen LogP contribution in [-0.2, 0) is 0 Å². The predicted octanol–water partition coefficient (Wildman–Crippen LogP) is 1.85. The van der Waals surface area contributed by atoms with E-state index in [0.29, 0.717) is 6.04 Å². The van der Waals surface area contributed by atoms with Crippen molar-refractivity contribution in [3.05, 3.63) is 12.4 Å². The van der Waals surface area contributed by atoms with Crippen LogP contribution in [0, 0.1) is 5.92 Å². The molecule has 1 aromatic rings. The molecule has 0 radical (unpaired) electrons. The van der Waals surface area contributed by atoms with Crippen molar-refractivity contribution in [1.29, 1.82) is 0 Å². The fourth-order valence-electron chi connectivity index (χ4n) is 2.95. The number of anilines is 2. The van der Waals surface area contributed by atoms with Crippen LogP contribution in [-0.4, -0.2) is 35.6 Å². The summed E-state index contributed by atoms with van der Waals surface area (Å²) in [6, 6.07) is 2.63. The van der Waals surface area contributed by atoms with Gasteiger partial charge in [0, 0.05) is 18.7 Å². The lowest BCUT2D eigenvalue weighted by atomic mass is 10.1. The Morgan fingerprint density at radius 1 is 1.16 bits per heavy atom. The van der Waals surface area contributed by atoms with Gasteiger partial charge in [0.15, 0.2) is 0 Å². The minimum absolute atomic E-state index is 0.599. The van der Waals surface area contributed by atoms with Gasteiger partial charge in [-0.05, 0) is 38.3 Å². The van der Waals surface area contributed by atoms with E-state index >= 15 is 0 Å². The number of hydrogen-bond donors (Lipinski definition) is 3. The first-order valence-corrected chi connectivity index (χ1v) is 7.43. The summed E-state index contributed by atoms with van der Waals surface area (Å²) < 4.78 is 0. The van der Waals surface area contributed by atoms with E-state index in [9.17, 15) is 0 Å². The van der Waals surface area contributed by atoms with Crippen molar-refractivity contribution in [2.24, 2.45) is 5.92 Å². The highest BCUT2D eigenvalue weighted by atomic mass is 15.1. The van der Waals surface area contributed by atoms with Crippen LogP contribution in [0.1, 0.15) is 32.1 Å². The van der Waals surface area contributed by atoms with Crippen LogP contribution in [0.2, 0.25) is 0 Å². The van der Waals surface area contributed by atoms with Crippen LogP contribution in [0.4, 0.5) is 11.6 Å². The van der Waals surface area contributed by atoms with Gasteiger partial charge in [-0.2, -0.15) is 0 Å². The zero-order valence-corrected chi connectivity index (χ0v) is 11.4. The van der Waals surface area contributed by atoms with Crippen molar-refractivity contribution in [2.45, 2.75) is 38.1 Å². The Morgan fingerprint density at radius 3 is 2.79 bits per heavy atom. The molecule has 1 aliphatic carbocycles. The van der Waals surface area contributed by atoms with Crippen LogP contribution in [0.25, 0.3) is 0 Å². The molecule has 2 aliphatic rings. The average molecular weight is 261 g/mol. The predicted molar refractivity (Wildman–Crippen MR) is 77.4 cm³/mol. The van der Waals surface area contributed by atoms with Crippen LogP contribution in [0.3, 0.4) is 0 Å². The molecule has 0 aromatic carbocycles. The van der Waals surface area contributed by atoms with Gasteiger partial charge in [0.2, 0.25) is 0 Å². The number of hydrogen-bond acceptors (Lipinski definition) is 5. The molecule has 1 unspecified atom stereocenters. The van der Waals surface area contributed by atoms with Crippen molar-refractivity contribution >= 4 is 11.6 Å². The summed E-state index contributed by atoms with van der Waals surface area (Å²) in [6.45, 7) is 3.25.